The molecule has 0 aliphatic heterocycles. The minimum Gasteiger partial charge on any atom is -0.391 e. The normalized spacial score (nSPS) is 13.6. The first-order valence-corrected chi connectivity index (χ1v) is 6.44. The molecule has 20 heavy (non-hydrogen) atoms. The van der Waals surface area contributed by atoms with Crippen LogP contribution >= 0.6 is 0 Å². The van der Waals surface area contributed by atoms with Crippen molar-refractivity contribution >= 4 is 11.6 Å². The van der Waals surface area contributed by atoms with E-state index in [4.69, 9.17) is 0 Å². The van der Waals surface area contributed by atoms with Gasteiger partial charge in [-0.25, -0.2) is 0 Å². The van der Waals surface area contributed by atoms with E-state index in [0.29, 0.717) is 5.69 Å². The van der Waals surface area contributed by atoms with Crippen LogP contribution in [0.2, 0.25) is 0 Å². The van der Waals surface area contributed by atoms with Crippen LogP contribution in [0.15, 0.2) is 12.3 Å². The Morgan fingerprint density at radius 3 is 2.80 bits per heavy atom. The fourth-order valence-corrected chi connectivity index (χ4v) is 1.62. The molecule has 0 spiro atoms. The molecule has 2 atom stereocenters. The molecule has 1 heterocycles. The summed E-state index contributed by atoms with van der Waals surface area (Å²) < 4.78 is 0. The van der Waals surface area contributed by atoms with Crippen LogP contribution in [0.5, 0.6) is 0 Å². The Morgan fingerprint density at radius 1 is 1.60 bits per heavy atom. The molecule has 1 aromatic rings. The maximum atomic E-state index is 12.0. The van der Waals surface area contributed by atoms with Crippen molar-refractivity contribution in [2.45, 2.75) is 33.3 Å². The molecule has 1 amide bonds. The van der Waals surface area contributed by atoms with Crippen molar-refractivity contribution in [3.8, 4) is 0 Å². The van der Waals surface area contributed by atoms with Gasteiger partial charge in [-0.05, 0) is 12.8 Å². The van der Waals surface area contributed by atoms with Crippen LogP contribution in [0, 0.1) is 23.0 Å². The summed E-state index contributed by atoms with van der Waals surface area (Å²) in [6, 6.07) is 1.19. The second kappa shape index (κ2) is 6.95. The van der Waals surface area contributed by atoms with Crippen molar-refractivity contribution in [1.29, 1.82) is 0 Å². The first-order valence-electron chi connectivity index (χ1n) is 6.44. The molecule has 0 bridgehead atoms. The number of hydrogen-bond acceptors (Lipinski definition) is 5. The number of aromatic nitrogens is 1. The largest absolute Gasteiger partial charge is 0.391 e. The van der Waals surface area contributed by atoms with E-state index in [1.807, 2.05) is 13.8 Å². The average molecular weight is 281 g/mol. The molecule has 0 aliphatic carbocycles. The van der Waals surface area contributed by atoms with Crippen LogP contribution in [0.1, 0.15) is 36.3 Å². The maximum Gasteiger partial charge on any atom is 0.288 e. The molecule has 110 valence electrons. The van der Waals surface area contributed by atoms with Crippen molar-refractivity contribution in [2.24, 2.45) is 5.92 Å². The second-order valence-corrected chi connectivity index (χ2v) is 4.75. The molecule has 0 saturated carbocycles. The number of rotatable bonds is 6. The van der Waals surface area contributed by atoms with E-state index in [2.05, 4.69) is 10.3 Å². The predicted octanol–water partition coefficient (Wildman–Crippen LogP) is 1.44. The summed E-state index contributed by atoms with van der Waals surface area (Å²) in [5, 5.41) is 23.0. The topological polar surface area (TPSA) is 105 Å². The van der Waals surface area contributed by atoms with E-state index < -0.39 is 16.9 Å². The van der Waals surface area contributed by atoms with Gasteiger partial charge in [0.2, 0.25) is 0 Å². The van der Waals surface area contributed by atoms with Crippen LogP contribution in [0.3, 0.4) is 0 Å². The molecule has 1 aromatic heterocycles. The molecule has 2 unspecified atom stereocenters. The second-order valence-electron chi connectivity index (χ2n) is 4.75. The number of pyridine rings is 1. The van der Waals surface area contributed by atoms with E-state index in [1.165, 1.54) is 6.07 Å². The summed E-state index contributed by atoms with van der Waals surface area (Å²) in [4.78, 5) is 25.9. The highest BCUT2D eigenvalue weighted by atomic mass is 16.6. The lowest BCUT2D eigenvalue weighted by atomic mass is 10.0. The van der Waals surface area contributed by atoms with Gasteiger partial charge in [0.25, 0.3) is 11.6 Å². The zero-order chi connectivity index (χ0) is 15.3. The number of nitro groups is 1. The lowest BCUT2D eigenvalue weighted by molar-refractivity contribution is -0.385. The number of aliphatic hydroxyl groups is 1. The highest BCUT2D eigenvalue weighted by Gasteiger charge is 2.18. The summed E-state index contributed by atoms with van der Waals surface area (Å²) in [5.74, 6) is -0.402. The van der Waals surface area contributed by atoms with E-state index in [0.717, 1.165) is 12.6 Å². The van der Waals surface area contributed by atoms with Gasteiger partial charge in [-0.2, -0.15) is 0 Å². The summed E-state index contributed by atoms with van der Waals surface area (Å²) in [6.07, 6.45) is 1.27. The quantitative estimate of drug-likeness (QED) is 0.606. The number of aryl methyl sites for hydroxylation is 1. The maximum absolute atomic E-state index is 12.0. The number of aliphatic hydroxyl groups excluding tert-OH is 1. The van der Waals surface area contributed by atoms with Crippen molar-refractivity contribution in [2.75, 3.05) is 6.54 Å². The van der Waals surface area contributed by atoms with Gasteiger partial charge >= 0.3 is 0 Å². The molecule has 7 nitrogen and oxygen atoms in total. The summed E-state index contributed by atoms with van der Waals surface area (Å²) in [6.45, 7) is 5.54. The van der Waals surface area contributed by atoms with E-state index in [9.17, 15) is 20.0 Å². The highest BCUT2D eigenvalue weighted by Crippen LogP contribution is 2.14. The van der Waals surface area contributed by atoms with Gasteiger partial charge in [0, 0.05) is 12.6 Å². The van der Waals surface area contributed by atoms with Crippen LogP contribution in [0.4, 0.5) is 5.69 Å². The molecule has 0 radical (unpaired) electrons. The fourth-order valence-electron chi connectivity index (χ4n) is 1.62. The Labute approximate surface area is 117 Å². The monoisotopic (exact) mass is 281 g/mol. The first-order chi connectivity index (χ1) is 9.36. The standard InChI is InChI=1S/C13H19N3O4/c1-4-8(2)12(17)7-15-13(18)11-5-10(16(19)20)6-14-9(11)3/h5-6,8,12,17H,4,7H2,1-3H3,(H,15,18). The summed E-state index contributed by atoms with van der Waals surface area (Å²) >= 11 is 0. The number of nitrogens with zero attached hydrogens (tertiary/aromatic N) is 2. The fraction of sp³-hybridized carbons (Fsp3) is 0.538. The molecule has 7 heteroatoms. The van der Waals surface area contributed by atoms with E-state index >= 15 is 0 Å². The average Bonchev–Trinajstić information content (AvgIpc) is 2.43. The van der Waals surface area contributed by atoms with Gasteiger partial charge in [-0.1, -0.05) is 20.3 Å². The van der Waals surface area contributed by atoms with E-state index in [1.54, 1.807) is 6.92 Å². The third-order valence-corrected chi connectivity index (χ3v) is 3.30. The van der Waals surface area contributed by atoms with Gasteiger partial charge in [0.15, 0.2) is 0 Å². The third kappa shape index (κ3) is 3.99. The highest BCUT2D eigenvalue weighted by molar-refractivity contribution is 5.95. The minimum absolute atomic E-state index is 0.0691. The van der Waals surface area contributed by atoms with Crippen LogP contribution in [-0.2, 0) is 0 Å². The molecule has 1 rings (SSSR count). The lowest BCUT2D eigenvalue weighted by Crippen LogP contribution is -2.35. The molecular formula is C13H19N3O4. The minimum atomic E-state index is -0.643. The Balaban J connectivity index is 2.77. The Kier molecular flexibility index (Phi) is 5.57. The lowest BCUT2D eigenvalue weighted by Gasteiger charge is -2.17. The Morgan fingerprint density at radius 2 is 2.25 bits per heavy atom. The molecule has 2 N–H and O–H groups in total. The van der Waals surface area contributed by atoms with Crippen molar-refractivity contribution in [3.05, 3.63) is 33.6 Å². The number of nitrogens with one attached hydrogen (secondary N) is 1. The van der Waals surface area contributed by atoms with Crippen LogP contribution < -0.4 is 5.32 Å². The van der Waals surface area contributed by atoms with E-state index in [-0.39, 0.29) is 23.7 Å². The van der Waals surface area contributed by atoms with Crippen molar-refractivity contribution in [1.82, 2.24) is 10.3 Å². The molecule has 0 aliphatic rings. The Hall–Kier alpha value is -2.02. The zero-order valence-corrected chi connectivity index (χ0v) is 11.8. The summed E-state index contributed by atoms with van der Waals surface area (Å²) in [7, 11) is 0. The van der Waals surface area contributed by atoms with Gasteiger partial charge in [0.05, 0.1) is 22.3 Å². The van der Waals surface area contributed by atoms with Gasteiger partial charge < -0.3 is 10.4 Å². The van der Waals surface area contributed by atoms with Crippen molar-refractivity contribution in [3.63, 3.8) is 0 Å². The SMILES string of the molecule is CCC(C)C(O)CNC(=O)c1cc([N+](=O)[O-])cnc1C. The number of carbonyl (C=O) groups is 1. The van der Waals surface area contributed by atoms with Crippen LogP contribution in [0.25, 0.3) is 0 Å². The molecule has 0 aromatic carbocycles. The van der Waals surface area contributed by atoms with Gasteiger partial charge in [0.1, 0.15) is 6.20 Å². The number of hydrogen-bond donors (Lipinski definition) is 2. The molecule has 0 fully saturated rings. The zero-order valence-electron chi connectivity index (χ0n) is 11.8. The Bertz CT molecular complexity index is 504. The number of carbonyl (C=O) groups excluding carboxylic acids is 1. The van der Waals surface area contributed by atoms with Gasteiger partial charge in [-0.15, -0.1) is 0 Å². The predicted molar refractivity (Wildman–Crippen MR) is 73.4 cm³/mol. The molecular weight excluding hydrogens is 262 g/mol. The van der Waals surface area contributed by atoms with Crippen LogP contribution in [-0.4, -0.2) is 33.6 Å². The number of amides is 1. The smallest absolute Gasteiger partial charge is 0.288 e. The van der Waals surface area contributed by atoms with Gasteiger partial charge in [-0.3, -0.25) is 19.9 Å². The summed E-state index contributed by atoms with van der Waals surface area (Å²) in [5.41, 5.74) is 0.324. The van der Waals surface area contributed by atoms with Crippen molar-refractivity contribution < 1.29 is 14.8 Å². The third-order valence-electron chi connectivity index (χ3n) is 3.30. The first kappa shape index (κ1) is 16.0. The molecule has 0 saturated heterocycles.